The van der Waals surface area contributed by atoms with E-state index >= 15 is 0 Å². The minimum atomic E-state index is -0.263. The first kappa shape index (κ1) is 15.5. The van der Waals surface area contributed by atoms with Gasteiger partial charge in [0, 0.05) is 12.6 Å². The van der Waals surface area contributed by atoms with Crippen molar-refractivity contribution >= 4 is 60.6 Å². The zero-order chi connectivity index (χ0) is 16.8. The minimum absolute atomic E-state index is 0.263. The first-order valence-corrected chi connectivity index (χ1v) is 9.29. The van der Waals surface area contributed by atoms with Crippen LogP contribution in [0.2, 0.25) is 5.02 Å². The third-order valence-corrected chi connectivity index (χ3v) is 6.26. The molecule has 0 N–H and O–H groups in total. The standard InChI is InChI=1S/C17H12ClN3OS2/c1-9-3-5-11(18)15-14(9)21(2)17(24-15)20-16(22)10-4-6-12-13(7-10)23-8-19-12/h3-8H,1-2H3. The summed E-state index contributed by atoms with van der Waals surface area (Å²) in [6, 6.07) is 9.30. The Hall–Kier alpha value is -2.02. The van der Waals surface area contributed by atoms with Gasteiger partial charge in [-0.1, -0.05) is 29.0 Å². The average molecular weight is 374 g/mol. The highest BCUT2D eigenvalue weighted by atomic mass is 35.5. The Labute approximate surface area is 150 Å². The molecule has 0 aliphatic heterocycles. The molecule has 4 aromatic rings. The molecule has 7 heteroatoms. The Bertz CT molecular complexity index is 1170. The van der Waals surface area contributed by atoms with Gasteiger partial charge in [-0.2, -0.15) is 4.99 Å². The number of rotatable bonds is 1. The fourth-order valence-electron chi connectivity index (χ4n) is 2.65. The molecule has 0 fully saturated rings. The lowest BCUT2D eigenvalue weighted by molar-refractivity contribution is 0.0998. The molecule has 0 aliphatic carbocycles. The van der Waals surface area contributed by atoms with Gasteiger partial charge in [0.15, 0.2) is 4.80 Å². The topological polar surface area (TPSA) is 47.2 Å². The highest BCUT2D eigenvalue weighted by Crippen LogP contribution is 2.28. The van der Waals surface area contributed by atoms with Crippen LogP contribution in [0.15, 0.2) is 40.8 Å². The van der Waals surface area contributed by atoms with E-state index in [2.05, 4.69) is 9.98 Å². The van der Waals surface area contributed by atoms with Gasteiger partial charge in [0.25, 0.3) is 5.91 Å². The predicted octanol–water partition coefficient (Wildman–Crippen LogP) is 4.55. The third-order valence-electron chi connectivity index (χ3n) is 3.88. The lowest BCUT2D eigenvalue weighted by atomic mass is 10.2. The summed E-state index contributed by atoms with van der Waals surface area (Å²) in [7, 11) is 1.90. The number of nitrogens with zero attached hydrogens (tertiary/aromatic N) is 3. The molecule has 0 saturated carbocycles. The summed E-state index contributed by atoms with van der Waals surface area (Å²) in [6.07, 6.45) is 0. The number of hydrogen-bond donors (Lipinski definition) is 0. The van der Waals surface area contributed by atoms with Crippen LogP contribution in [0.1, 0.15) is 15.9 Å². The van der Waals surface area contributed by atoms with E-state index in [1.807, 2.05) is 42.8 Å². The summed E-state index contributed by atoms with van der Waals surface area (Å²) < 4.78 is 3.85. The normalized spacial score (nSPS) is 12.4. The number of halogens is 1. The Morgan fingerprint density at radius 1 is 1.29 bits per heavy atom. The van der Waals surface area contributed by atoms with Crippen LogP contribution in [0.5, 0.6) is 0 Å². The summed E-state index contributed by atoms with van der Waals surface area (Å²) >= 11 is 9.22. The molecular weight excluding hydrogens is 362 g/mol. The molecule has 0 radical (unpaired) electrons. The highest BCUT2D eigenvalue weighted by Gasteiger charge is 2.11. The first-order chi connectivity index (χ1) is 11.5. The van der Waals surface area contributed by atoms with E-state index in [1.165, 1.54) is 22.7 Å². The zero-order valence-electron chi connectivity index (χ0n) is 12.9. The first-order valence-electron chi connectivity index (χ1n) is 7.21. The SMILES string of the molecule is Cc1ccc(Cl)c2sc(=NC(=O)c3ccc4ncsc4c3)n(C)c12. The lowest BCUT2D eigenvalue weighted by Crippen LogP contribution is -2.13. The van der Waals surface area contributed by atoms with E-state index in [9.17, 15) is 4.79 Å². The molecule has 0 saturated heterocycles. The molecule has 0 bridgehead atoms. The van der Waals surface area contributed by atoms with Gasteiger partial charge >= 0.3 is 0 Å². The van der Waals surface area contributed by atoms with Crippen LogP contribution in [0, 0.1) is 6.92 Å². The smallest absolute Gasteiger partial charge is 0.279 e. The van der Waals surface area contributed by atoms with Gasteiger partial charge < -0.3 is 4.57 Å². The van der Waals surface area contributed by atoms with Gasteiger partial charge in [-0.05, 0) is 36.8 Å². The van der Waals surface area contributed by atoms with Crippen LogP contribution < -0.4 is 4.80 Å². The van der Waals surface area contributed by atoms with E-state index < -0.39 is 0 Å². The molecule has 24 heavy (non-hydrogen) atoms. The van der Waals surface area contributed by atoms with Crippen molar-refractivity contribution in [1.82, 2.24) is 9.55 Å². The number of benzene rings is 2. The van der Waals surface area contributed by atoms with Crippen LogP contribution >= 0.6 is 34.3 Å². The van der Waals surface area contributed by atoms with Crippen molar-refractivity contribution in [2.45, 2.75) is 6.92 Å². The minimum Gasteiger partial charge on any atom is -0.319 e. The molecule has 4 nitrogen and oxygen atoms in total. The van der Waals surface area contributed by atoms with Crippen molar-refractivity contribution < 1.29 is 4.79 Å². The number of carbonyl (C=O) groups is 1. The van der Waals surface area contributed by atoms with E-state index in [-0.39, 0.29) is 5.91 Å². The van der Waals surface area contributed by atoms with Gasteiger partial charge in [0.05, 0.1) is 31.0 Å². The van der Waals surface area contributed by atoms with Crippen molar-refractivity contribution in [3.63, 3.8) is 0 Å². The fourth-order valence-corrected chi connectivity index (χ4v) is 4.74. The van der Waals surface area contributed by atoms with Gasteiger partial charge in [0.2, 0.25) is 0 Å². The molecule has 0 spiro atoms. The Morgan fingerprint density at radius 2 is 2.12 bits per heavy atom. The predicted molar refractivity (Wildman–Crippen MR) is 100 cm³/mol. The number of amides is 1. The summed E-state index contributed by atoms with van der Waals surface area (Å²) in [4.78, 5) is 21.7. The molecule has 1 amide bonds. The molecular formula is C17H12ClN3OS2. The van der Waals surface area contributed by atoms with E-state index in [0.717, 1.165) is 26.0 Å². The Morgan fingerprint density at radius 3 is 2.92 bits per heavy atom. The quantitative estimate of drug-likeness (QED) is 0.491. The molecule has 2 aromatic carbocycles. The second kappa shape index (κ2) is 5.81. The van der Waals surface area contributed by atoms with Crippen LogP contribution in [0.3, 0.4) is 0 Å². The largest absolute Gasteiger partial charge is 0.319 e. The highest BCUT2D eigenvalue weighted by molar-refractivity contribution is 7.17. The fraction of sp³-hybridized carbons (Fsp3) is 0.118. The maximum absolute atomic E-state index is 12.6. The molecule has 2 aromatic heterocycles. The van der Waals surface area contributed by atoms with E-state index in [1.54, 1.807) is 11.6 Å². The average Bonchev–Trinajstić information content (AvgIpc) is 3.16. The van der Waals surface area contributed by atoms with Crippen molar-refractivity contribution in [2.75, 3.05) is 0 Å². The summed E-state index contributed by atoms with van der Waals surface area (Å²) in [6.45, 7) is 2.02. The molecule has 4 rings (SSSR count). The summed E-state index contributed by atoms with van der Waals surface area (Å²) in [5, 5.41) is 0.677. The molecule has 0 unspecified atom stereocenters. The number of aromatic nitrogens is 2. The maximum Gasteiger partial charge on any atom is 0.279 e. The molecule has 0 aliphatic rings. The number of carbonyl (C=O) groups excluding carboxylic acids is 1. The van der Waals surface area contributed by atoms with Crippen LogP contribution in [0.25, 0.3) is 20.4 Å². The molecule has 120 valence electrons. The number of fused-ring (bicyclic) bond motifs is 2. The van der Waals surface area contributed by atoms with Crippen molar-refractivity contribution in [3.05, 3.63) is 56.8 Å². The Balaban J connectivity index is 1.87. The van der Waals surface area contributed by atoms with Gasteiger partial charge in [-0.3, -0.25) is 4.79 Å². The second-order valence-corrected chi connectivity index (χ2v) is 7.71. The maximum atomic E-state index is 12.6. The molecule has 2 heterocycles. The second-order valence-electron chi connectivity index (χ2n) is 5.44. The van der Waals surface area contributed by atoms with Gasteiger partial charge in [0.1, 0.15) is 0 Å². The van der Waals surface area contributed by atoms with E-state index in [4.69, 9.17) is 11.6 Å². The number of thiazole rings is 2. The lowest BCUT2D eigenvalue weighted by Gasteiger charge is -2.00. The molecule has 0 atom stereocenters. The van der Waals surface area contributed by atoms with Crippen molar-refractivity contribution in [3.8, 4) is 0 Å². The number of aryl methyl sites for hydroxylation is 2. The monoisotopic (exact) mass is 373 g/mol. The van der Waals surface area contributed by atoms with Crippen LogP contribution in [-0.2, 0) is 7.05 Å². The van der Waals surface area contributed by atoms with Crippen molar-refractivity contribution in [1.29, 1.82) is 0 Å². The third kappa shape index (κ3) is 2.47. The number of hydrogen-bond acceptors (Lipinski definition) is 4. The van der Waals surface area contributed by atoms with Gasteiger partial charge in [-0.25, -0.2) is 4.98 Å². The summed E-state index contributed by atoms with van der Waals surface area (Å²) in [5.41, 5.74) is 5.34. The summed E-state index contributed by atoms with van der Waals surface area (Å²) in [5.74, 6) is -0.263. The van der Waals surface area contributed by atoms with Crippen LogP contribution in [0.4, 0.5) is 0 Å². The van der Waals surface area contributed by atoms with E-state index in [0.29, 0.717) is 15.4 Å². The Kier molecular flexibility index (Phi) is 3.75. The van der Waals surface area contributed by atoms with Gasteiger partial charge in [-0.15, -0.1) is 11.3 Å². The van der Waals surface area contributed by atoms with Crippen molar-refractivity contribution in [2.24, 2.45) is 12.0 Å². The zero-order valence-corrected chi connectivity index (χ0v) is 15.3. The van der Waals surface area contributed by atoms with Crippen LogP contribution in [-0.4, -0.2) is 15.5 Å².